The van der Waals surface area contributed by atoms with Crippen molar-refractivity contribution in [1.82, 2.24) is 30.2 Å². The SMILES string of the molecule is COc1ccc2nc(CCNC(=O)CN3CCN(c4ncccn4)CC3)[nH]c2c1. The molecule has 0 spiro atoms. The van der Waals surface area contributed by atoms with E-state index >= 15 is 0 Å². The van der Waals surface area contributed by atoms with E-state index in [1.165, 1.54) is 0 Å². The summed E-state index contributed by atoms with van der Waals surface area (Å²) in [6.45, 7) is 4.22. The molecule has 1 amide bonds. The molecule has 1 aliphatic rings. The van der Waals surface area contributed by atoms with Gasteiger partial charge in [-0.2, -0.15) is 0 Å². The largest absolute Gasteiger partial charge is 0.497 e. The molecule has 152 valence electrons. The fraction of sp³-hybridized carbons (Fsp3) is 0.400. The predicted octanol–water partition coefficient (Wildman–Crippen LogP) is 0.842. The molecule has 9 heteroatoms. The van der Waals surface area contributed by atoms with E-state index in [9.17, 15) is 4.79 Å². The minimum atomic E-state index is 0.0344. The number of methoxy groups -OCH3 is 1. The number of ether oxygens (including phenoxy) is 1. The van der Waals surface area contributed by atoms with Crippen molar-refractivity contribution in [3.8, 4) is 5.75 Å². The minimum absolute atomic E-state index is 0.0344. The highest BCUT2D eigenvalue weighted by Gasteiger charge is 2.20. The summed E-state index contributed by atoms with van der Waals surface area (Å²) in [4.78, 5) is 33.0. The maximum atomic E-state index is 12.3. The number of H-pyrrole nitrogens is 1. The Morgan fingerprint density at radius 2 is 2.00 bits per heavy atom. The Morgan fingerprint density at radius 1 is 1.21 bits per heavy atom. The van der Waals surface area contributed by atoms with E-state index in [0.29, 0.717) is 19.5 Å². The molecule has 3 heterocycles. The van der Waals surface area contributed by atoms with Gasteiger partial charge in [-0.25, -0.2) is 15.0 Å². The Labute approximate surface area is 169 Å². The Kier molecular flexibility index (Phi) is 5.85. The van der Waals surface area contributed by atoms with Gasteiger partial charge in [0.05, 0.1) is 24.7 Å². The first kappa shape index (κ1) is 19.1. The third-order valence-corrected chi connectivity index (χ3v) is 5.00. The van der Waals surface area contributed by atoms with Crippen LogP contribution in [0.3, 0.4) is 0 Å². The minimum Gasteiger partial charge on any atom is -0.497 e. The van der Waals surface area contributed by atoms with Crippen LogP contribution in [0.25, 0.3) is 11.0 Å². The van der Waals surface area contributed by atoms with Crippen molar-refractivity contribution in [2.24, 2.45) is 0 Å². The van der Waals surface area contributed by atoms with Crippen LogP contribution in [-0.2, 0) is 11.2 Å². The maximum absolute atomic E-state index is 12.3. The third kappa shape index (κ3) is 4.80. The number of hydrogen-bond acceptors (Lipinski definition) is 7. The summed E-state index contributed by atoms with van der Waals surface area (Å²) in [5.41, 5.74) is 1.83. The zero-order valence-corrected chi connectivity index (χ0v) is 16.5. The second-order valence-corrected chi connectivity index (χ2v) is 6.98. The number of amides is 1. The number of hydrogen-bond donors (Lipinski definition) is 2. The smallest absolute Gasteiger partial charge is 0.234 e. The average molecular weight is 395 g/mol. The number of rotatable bonds is 7. The normalized spacial score (nSPS) is 14.9. The first-order valence-corrected chi connectivity index (χ1v) is 9.75. The van der Waals surface area contributed by atoms with Crippen molar-refractivity contribution in [3.63, 3.8) is 0 Å². The standard InChI is InChI=1S/C20H25N7O2/c1-29-15-3-4-16-17(13-15)25-18(24-16)5-8-21-19(28)14-26-9-11-27(12-10-26)20-22-6-2-7-23-20/h2-4,6-7,13H,5,8-12,14H2,1H3,(H,21,28)(H,24,25). The number of benzene rings is 1. The van der Waals surface area contributed by atoms with Crippen LogP contribution in [0.5, 0.6) is 5.75 Å². The molecule has 2 aromatic heterocycles. The molecule has 0 unspecified atom stereocenters. The topological polar surface area (TPSA) is 99.3 Å². The maximum Gasteiger partial charge on any atom is 0.234 e. The van der Waals surface area contributed by atoms with E-state index in [0.717, 1.165) is 54.7 Å². The molecule has 4 rings (SSSR count). The molecule has 2 N–H and O–H groups in total. The molecule has 1 saturated heterocycles. The molecule has 0 radical (unpaired) electrons. The molecular formula is C20H25N7O2. The molecule has 0 saturated carbocycles. The van der Waals surface area contributed by atoms with Crippen LogP contribution >= 0.6 is 0 Å². The lowest BCUT2D eigenvalue weighted by atomic mass is 10.3. The molecule has 1 aromatic carbocycles. The zero-order valence-electron chi connectivity index (χ0n) is 16.5. The van der Waals surface area contributed by atoms with Crippen molar-refractivity contribution in [2.45, 2.75) is 6.42 Å². The molecule has 3 aromatic rings. The van der Waals surface area contributed by atoms with E-state index in [2.05, 4.69) is 35.1 Å². The number of carbonyl (C=O) groups is 1. The van der Waals surface area contributed by atoms with E-state index in [-0.39, 0.29) is 5.91 Å². The second kappa shape index (κ2) is 8.87. The van der Waals surface area contributed by atoms with Crippen molar-refractivity contribution in [2.75, 3.05) is 51.3 Å². The zero-order chi connectivity index (χ0) is 20.1. The number of imidazole rings is 1. The van der Waals surface area contributed by atoms with Gasteiger partial charge in [-0.1, -0.05) is 0 Å². The van der Waals surface area contributed by atoms with Gasteiger partial charge in [-0.3, -0.25) is 9.69 Å². The summed E-state index contributed by atoms with van der Waals surface area (Å²) < 4.78 is 5.23. The second-order valence-electron chi connectivity index (χ2n) is 6.98. The highest BCUT2D eigenvalue weighted by Crippen LogP contribution is 2.18. The number of aromatic amines is 1. The van der Waals surface area contributed by atoms with Crippen molar-refractivity contribution in [1.29, 1.82) is 0 Å². The summed E-state index contributed by atoms with van der Waals surface area (Å²) in [7, 11) is 1.64. The first-order valence-electron chi connectivity index (χ1n) is 9.75. The average Bonchev–Trinajstić information content (AvgIpc) is 3.16. The molecule has 0 aliphatic carbocycles. The highest BCUT2D eigenvalue weighted by molar-refractivity contribution is 5.78. The van der Waals surface area contributed by atoms with Gasteiger partial charge < -0.3 is 19.9 Å². The predicted molar refractivity (Wildman–Crippen MR) is 110 cm³/mol. The monoisotopic (exact) mass is 395 g/mol. The summed E-state index contributed by atoms with van der Waals surface area (Å²) >= 11 is 0. The number of aromatic nitrogens is 4. The fourth-order valence-electron chi connectivity index (χ4n) is 3.43. The fourth-order valence-corrected chi connectivity index (χ4v) is 3.43. The van der Waals surface area contributed by atoms with Gasteiger partial charge in [0.2, 0.25) is 11.9 Å². The summed E-state index contributed by atoms with van der Waals surface area (Å²) in [6.07, 6.45) is 4.16. The molecule has 9 nitrogen and oxygen atoms in total. The lowest BCUT2D eigenvalue weighted by Gasteiger charge is -2.34. The van der Waals surface area contributed by atoms with Crippen LogP contribution in [-0.4, -0.2) is 77.1 Å². The molecule has 1 fully saturated rings. The van der Waals surface area contributed by atoms with Crippen LogP contribution in [0.15, 0.2) is 36.7 Å². The number of piperazine rings is 1. The van der Waals surface area contributed by atoms with Gasteiger partial charge >= 0.3 is 0 Å². The summed E-state index contributed by atoms with van der Waals surface area (Å²) in [5.74, 6) is 2.43. The van der Waals surface area contributed by atoms with Crippen molar-refractivity contribution in [3.05, 3.63) is 42.5 Å². The quantitative estimate of drug-likeness (QED) is 0.612. The Bertz CT molecular complexity index is 952. The van der Waals surface area contributed by atoms with Crippen molar-refractivity contribution >= 4 is 22.9 Å². The lowest BCUT2D eigenvalue weighted by molar-refractivity contribution is -0.122. The van der Waals surface area contributed by atoms with Crippen LogP contribution in [0.1, 0.15) is 5.82 Å². The number of nitrogens with zero attached hydrogens (tertiary/aromatic N) is 5. The lowest BCUT2D eigenvalue weighted by Crippen LogP contribution is -2.50. The summed E-state index contributed by atoms with van der Waals surface area (Å²) in [5, 5.41) is 2.98. The van der Waals surface area contributed by atoms with Gasteiger partial charge in [0.1, 0.15) is 11.6 Å². The molecule has 1 aliphatic heterocycles. The van der Waals surface area contributed by atoms with Gasteiger partial charge in [0.15, 0.2) is 0 Å². The number of carbonyl (C=O) groups excluding carboxylic acids is 1. The van der Waals surface area contributed by atoms with Crippen LogP contribution < -0.4 is 15.0 Å². The van der Waals surface area contributed by atoms with Crippen LogP contribution in [0, 0.1) is 0 Å². The van der Waals surface area contributed by atoms with Gasteiger partial charge in [-0.15, -0.1) is 0 Å². The van der Waals surface area contributed by atoms with E-state index in [4.69, 9.17) is 4.74 Å². The Morgan fingerprint density at radius 3 is 2.76 bits per heavy atom. The van der Waals surface area contributed by atoms with Gasteiger partial charge in [-0.05, 0) is 18.2 Å². The number of fused-ring (bicyclic) bond motifs is 1. The van der Waals surface area contributed by atoms with E-state index in [1.807, 2.05) is 24.3 Å². The number of anilines is 1. The third-order valence-electron chi connectivity index (χ3n) is 5.00. The van der Waals surface area contributed by atoms with Crippen LogP contribution in [0.2, 0.25) is 0 Å². The number of nitrogens with one attached hydrogen (secondary N) is 2. The van der Waals surface area contributed by atoms with E-state index < -0.39 is 0 Å². The van der Waals surface area contributed by atoms with Crippen LogP contribution in [0.4, 0.5) is 5.95 Å². The first-order chi connectivity index (χ1) is 14.2. The Hall–Kier alpha value is -3.20. The highest BCUT2D eigenvalue weighted by atomic mass is 16.5. The van der Waals surface area contributed by atoms with Crippen molar-refractivity contribution < 1.29 is 9.53 Å². The molecular weight excluding hydrogens is 370 g/mol. The molecule has 0 atom stereocenters. The summed E-state index contributed by atoms with van der Waals surface area (Å²) in [6, 6.07) is 7.54. The van der Waals surface area contributed by atoms with E-state index in [1.54, 1.807) is 19.5 Å². The molecule has 0 bridgehead atoms. The Balaban J connectivity index is 1.20. The van der Waals surface area contributed by atoms with Gasteiger partial charge in [0.25, 0.3) is 0 Å². The van der Waals surface area contributed by atoms with Gasteiger partial charge in [0, 0.05) is 57.6 Å². The molecule has 29 heavy (non-hydrogen) atoms.